The number of rotatable bonds is 4. The molecule has 4 rings (SSSR count). The van der Waals surface area contributed by atoms with Crippen molar-refractivity contribution < 1.29 is 13.9 Å². The second-order valence-electron chi connectivity index (χ2n) is 6.93. The van der Waals surface area contributed by atoms with Gasteiger partial charge in [0.05, 0.1) is 11.9 Å². The van der Waals surface area contributed by atoms with Crippen LogP contribution in [0.4, 0.5) is 11.5 Å². The van der Waals surface area contributed by atoms with Crippen LogP contribution in [0.3, 0.4) is 0 Å². The second kappa shape index (κ2) is 8.71. The van der Waals surface area contributed by atoms with Crippen LogP contribution in [0, 0.1) is 0 Å². The highest BCUT2D eigenvalue weighted by atomic mass is 16.2. The second-order valence-corrected chi connectivity index (χ2v) is 6.93. The Hall–Kier alpha value is -3.78. The van der Waals surface area contributed by atoms with E-state index in [4.69, 9.17) is 5.73 Å². The fraction of sp³-hybridized carbons (Fsp3) is 0.182. The molecule has 158 valence electrons. The Bertz CT molecular complexity index is 1060. The summed E-state index contributed by atoms with van der Waals surface area (Å²) in [5.41, 5.74) is 8.44. The molecule has 1 aliphatic heterocycles. The number of hydrogen-bond acceptors (Lipinski definition) is 6. The molecule has 1 fully saturated rings. The summed E-state index contributed by atoms with van der Waals surface area (Å²) in [6, 6.07) is 16.2. The van der Waals surface area contributed by atoms with Gasteiger partial charge in [0.1, 0.15) is 0 Å². The van der Waals surface area contributed by atoms with Crippen LogP contribution in [0.5, 0.6) is 0 Å². The third-order valence-corrected chi connectivity index (χ3v) is 4.88. The lowest BCUT2D eigenvalue weighted by Crippen LogP contribution is -2.46. The minimum atomic E-state index is -0.432. The Labute approximate surface area is 178 Å². The van der Waals surface area contributed by atoms with Crippen LogP contribution >= 0.6 is 0 Å². The van der Waals surface area contributed by atoms with Crippen molar-refractivity contribution in [3.63, 3.8) is 0 Å². The largest absolute Gasteiger partial charge is 0.382 e. The van der Waals surface area contributed by atoms with Crippen molar-refractivity contribution in [2.24, 2.45) is 0 Å². The first-order chi connectivity index (χ1) is 14.6. The highest BCUT2D eigenvalue weighted by Crippen LogP contribution is 2.20. The summed E-state index contributed by atoms with van der Waals surface area (Å²) in [5, 5.41) is 6.00. The summed E-state index contributed by atoms with van der Waals surface area (Å²) in [4.78, 5) is 35.6. The van der Waals surface area contributed by atoms with E-state index in [9.17, 15) is 9.59 Å². The molecule has 2 heterocycles. The summed E-state index contributed by atoms with van der Waals surface area (Å²) in [7, 11) is 0. The number of para-hydroxylation sites is 1. The first-order valence-electron chi connectivity index (χ1n) is 9.71. The molecule has 3 aromatic rings. The first-order valence-corrected chi connectivity index (χ1v) is 9.71. The Morgan fingerprint density at radius 1 is 1.03 bits per heavy atom. The molecule has 8 heteroatoms. The van der Waals surface area contributed by atoms with Crippen LogP contribution in [0.25, 0.3) is 11.3 Å². The zero-order chi connectivity index (χ0) is 20.9. The van der Waals surface area contributed by atoms with Gasteiger partial charge in [-0.1, -0.05) is 30.3 Å². The Kier molecular flexibility index (Phi) is 5.67. The monoisotopic (exact) mass is 408 g/mol. The average molecular weight is 409 g/mol. The van der Waals surface area contributed by atoms with Crippen LogP contribution in [-0.4, -0.2) is 52.9 Å². The summed E-state index contributed by atoms with van der Waals surface area (Å²) in [6.45, 7) is 3.01. The van der Waals surface area contributed by atoms with E-state index in [1.165, 1.54) is 6.20 Å². The van der Waals surface area contributed by atoms with E-state index in [1.807, 2.05) is 23.1 Å². The van der Waals surface area contributed by atoms with E-state index in [-0.39, 0.29) is 21.7 Å². The summed E-state index contributed by atoms with van der Waals surface area (Å²) in [5.74, 6) is -0.370. The van der Waals surface area contributed by atoms with Crippen molar-refractivity contribution in [1.82, 2.24) is 20.2 Å². The number of aromatic nitrogens is 2. The lowest BCUT2D eigenvalue weighted by Gasteiger charge is -2.27. The number of anilines is 2. The zero-order valence-electron chi connectivity index (χ0n) is 16.3. The number of carbonyl (C=O) groups excluding carboxylic acids is 2. The van der Waals surface area contributed by atoms with Crippen molar-refractivity contribution in [2.45, 2.75) is 0 Å². The highest BCUT2D eigenvalue weighted by Gasteiger charge is 2.19. The predicted octanol–water partition coefficient (Wildman–Crippen LogP) is 2.76. The van der Waals surface area contributed by atoms with Crippen molar-refractivity contribution >= 4 is 23.3 Å². The molecule has 0 saturated carbocycles. The van der Waals surface area contributed by atoms with Gasteiger partial charge in [-0.05, 0) is 24.3 Å². The first kappa shape index (κ1) is 19.5. The van der Waals surface area contributed by atoms with Crippen LogP contribution < -0.4 is 16.4 Å². The van der Waals surface area contributed by atoms with Crippen LogP contribution in [0.2, 0.25) is 0 Å². The molecule has 2 aromatic carbocycles. The van der Waals surface area contributed by atoms with Gasteiger partial charge < -0.3 is 21.3 Å². The standard InChI is InChI=1S/C22H22N6O2.3H2/c23-20-19(21(29)26-17-4-2-1-3-5-17)27-18(14-25-20)15-6-8-16(9-7-15)22(30)28-12-10-24-11-13-28;;;/h1-9,14,24H,10-13H2,(H2,23,25)(H,26,29);3*1H. The van der Waals surface area contributed by atoms with Gasteiger partial charge >= 0.3 is 0 Å². The fourth-order valence-electron chi connectivity index (χ4n) is 3.25. The van der Waals surface area contributed by atoms with Gasteiger partial charge in [0.25, 0.3) is 11.8 Å². The summed E-state index contributed by atoms with van der Waals surface area (Å²) >= 11 is 0. The highest BCUT2D eigenvalue weighted by molar-refractivity contribution is 6.06. The molecule has 0 bridgehead atoms. The minimum absolute atomic E-state index is 0. The minimum Gasteiger partial charge on any atom is -0.382 e. The van der Waals surface area contributed by atoms with Gasteiger partial charge in [-0.2, -0.15) is 0 Å². The number of nitrogens with two attached hydrogens (primary N) is 1. The lowest BCUT2D eigenvalue weighted by molar-refractivity contribution is 0.0735. The number of carbonyl (C=O) groups is 2. The van der Waals surface area contributed by atoms with E-state index in [0.717, 1.165) is 18.7 Å². The molecule has 30 heavy (non-hydrogen) atoms. The maximum Gasteiger partial charge on any atom is 0.278 e. The summed E-state index contributed by atoms with van der Waals surface area (Å²) < 4.78 is 0. The topological polar surface area (TPSA) is 113 Å². The molecule has 1 aliphatic rings. The molecule has 1 aromatic heterocycles. The molecule has 0 unspecified atom stereocenters. The predicted molar refractivity (Wildman–Crippen MR) is 121 cm³/mol. The third kappa shape index (κ3) is 4.28. The molecule has 2 amide bonds. The van der Waals surface area contributed by atoms with Gasteiger partial charge in [0, 0.05) is 47.3 Å². The van der Waals surface area contributed by atoms with Gasteiger partial charge in [-0.3, -0.25) is 9.59 Å². The molecule has 1 saturated heterocycles. The number of amides is 2. The van der Waals surface area contributed by atoms with Gasteiger partial charge in [0.2, 0.25) is 0 Å². The van der Waals surface area contributed by atoms with E-state index in [1.54, 1.807) is 36.4 Å². The van der Waals surface area contributed by atoms with E-state index in [0.29, 0.717) is 30.0 Å². The molecule has 0 atom stereocenters. The summed E-state index contributed by atoms with van der Waals surface area (Å²) in [6.07, 6.45) is 1.52. The number of nitrogens with zero attached hydrogens (tertiary/aromatic N) is 3. The van der Waals surface area contributed by atoms with Crippen LogP contribution in [-0.2, 0) is 0 Å². The number of nitrogen functional groups attached to an aromatic ring is 1. The normalized spacial score (nSPS) is 13.7. The van der Waals surface area contributed by atoms with Crippen molar-refractivity contribution in [3.8, 4) is 11.3 Å². The molecule has 0 radical (unpaired) electrons. The molecule has 0 spiro atoms. The smallest absolute Gasteiger partial charge is 0.278 e. The molecular formula is C22H28N6O2. The molecule has 8 nitrogen and oxygen atoms in total. The van der Waals surface area contributed by atoms with Crippen LogP contribution in [0.15, 0.2) is 60.8 Å². The van der Waals surface area contributed by atoms with Gasteiger partial charge in [0.15, 0.2) is 11.5 Å². The van der Waals surface area contributed by atoms with E-state index >= 15 is 0 Å². The van der Waals surface area contributed by atoms with E-state index in [2.05, 4.69) is 20.6 Å². The molecule has 0 aliphatic carbocycles. The quantitative estimate of drug-likeness (QED) is 0.612. The van der Waals surface area contributed by atoms with Crippen molar-refractivity contribution in [3.05, 3.63) is 72.1 Å². The Balaban J connectivity index is 0.00000181. The number of hydrogen-bond donors (Lipinski definition) is 3. The van der Waals surface area contributed by atoms with Gasteiger partial charge in [-0.25, -0.2) is 9.97 Å². The average Bonchev–Trinajstić information content (AvgIpc) is 2.80. The van der Waals surface area contributed by atoms with E-state index < -0.39 is 5.91 Å². The number of piperazine rings is 1. The fourth-order valence-corrected chi connectivity index (χ4v) is 3.25. The number of nitrogens with one attached hydrogen (secondary N) is 2. The molecule has 4 N–H and O–H groups in total. The van der Waals surface area contributed by atoms with Crippen molar-refractivity contribution in [2.75, 3.05) is 37.2 Å². The maximum atomic E-state index is 12.6. The SMILES string of the molecule is Nc1ncc(-c2ccc(C(=O)N3CCNCC3)cc2)nc1C(=O)Nc1ccccc1.[HH].[HH].[HH]. The Morgan fingerprint density at radius 3 is 2.43 bits per heavy atom. The maximum absolute atomic E-state index is 12.6. The number of benzene rings is 2. The Morgan fingerprint density at radius 2 is 1.73 bits per heavy atom. The zero-order valence-corrected chi connectivity index (χ0v) is 16.3. The van der Waals surface area contributed by atoms with Gasteiger partial charge in [-0.15, -0.1) is 0 Å². The van der Waals surface area contributed by atoms with Crippen molar-refractivity contribution in [1.29, 1.82) is 0 Å². The molecular weight excluding hydrogens is 380 g/mol. The third-order valence-electron chi connectivity index (χ3n) is 4.88. The van der Waals surface area contributed by atoms with Crippen LogP contribution in [0.1, 0.15) is 25.1 Å². The lowest BCUT2D eigenvalue weighted by atomic mass is 10.1.